The topological polar surface area (TPSA) is 51.2 Å². The zero-order valence-corrected chi connectivity index (χ0v) is 10.4. The lowest BCUT2D eigenvalue weighted by molar-refractivity contribution is 0.0946. The minimum atomic E-state index is -0.639. The van der Waals surface area contributed by atoms with Gasteiger partial charge in [-0.05, 0) is 12.1 Å². The number of methoxy groups -OCH3 is 1. The Morgan fingerprint density at radius 1 is 1.37 bits per heavy atom. The molecular weight excluding hydrogens is 247 g/mol. The van der Waals surface area contributed by atoms with E-state index in [1.807, 2.05) is 18.2 Å². The van der Waals surface area contributed by atoms with Crippen LogP contribution in [0.3, 0.4) is 0 Å². The molecule has 98 valence electrons. The van der Waals surface area contributed by atoms with Gasteiger partial charge in [0, 0.05) is 18.3 Å². The lowest BCUT2D eigenvalue weighted by Gasteiger charge is -2.09. The molecule has 1 N–H and O–H groups in total. The molecule has 0 radical (unpaired) electrons. The van der Waals surface area contributed by atoms with Crippen LogP contribution >= 0.6 is 0 Å². The zero-order valence-electron chi connectivity index (χ0n) is 10.4. The number of ether oxygens (including phenoxy) is 1. The number of carbonyl (C=O) groups excluding carboxylic acids is 1. The van der Waals surface area contributed by atoms with Gasteiger partial charge in [-0.1, -0.05) is 18.2 Å². The highest BCUT2D eigenvalue weighted by Gasteiger charge is 2.11. The molecule has 4 nitrogen and oxygen atoms in total. The van der Waals surface area contributed by atoms with E-state index in [4.69, 9.17) is 4.74 Å². The molecule has 0 fully saturated rings. The van der Waals surface area contributed by atoms with Crippen molar-refractivity contribution in [2.75, 3.05) is 7.11 Å². The Bertz CT molecular complexity index is 587. The molecule has 1 amide bonds. The highest BCUT2D eigenvalue weighted by Crippen LogP contribution is 2.17. The molecule has 0 spiro atoms. The Labute approximate surface area is 110 Å². The monoisotopic (exact) mass is 260 g/mol. The molecule has 0 aliphatic heterocycles. The highest BCUT2D eigenvalue weighted by molar-refractivity contribution is 5.94. The molecular formula is C14H13FN2O2. The van der Waals surface area contributed by atoms with Gasteiger partial charge in [-0.25, -0.2) is 4.39 Å². The van der Waals surface area contributed by atoms with E-state index in [-0.39, 0.29) is 12.1 Å². The number of rotatable bonds is 4. The van der Waals surface area contributed by atoms with E-state index in [1.165, 1.54) is 12.3 Å². The smallest absolute Gasteiger partial charge is 0.254 e. The quantitative estimate of drug-likeness (QED) is 0.916. The summed E-state index contributed by atoms with van der Waals surface area (Å²) >= 11 is 0. The molecule has 0 aliphatic rings. The molecule has 0 bridgehead atoms. The van der Waals surface area contributed by atoms with E-state index < -0.39 is 11.7 Å². The fourth-order valence-corrected chi connectivity index (χ4v) is 1.68. The van der Waals surface area contributed by atoms with Crippen LogP contribution in [0.4, 0.5) is 4.39 Å². The van der Waals surface area contributed by atoms with Crippen molar-refractivity contribution in [1.82, 2.24) is 10.3 Å². The van der Waals surface area contributed by atoms with E-state index in [0.29, 0.717) is 5.75 Å². The van der Waals surface area contributed by atoms with E-state index >= 15 is 0 Å². The molecule has 0 saturated carbocycles. The van der Waals surface area contributed by atoms with Crippen molar-refractivity contribution in [2.24, 2.45) is 0 Å². The average Bonchev–Trinajstić information content (AvgIpc) is 2.45. The molecule has 2 aromatic rings. The standard InChI is InChI=1S/C14H13FN2O2/c1-19-13-5-3-2-4-10(13)8-17-14(18)11-6-7-16-9-12(11)15/h2-7,9H,8H2,1H3,(H,17,18). The van der Waals surface area contributed by atoms with E-state index in [0.717, 1.165) is 11.8 Å². The van der Waals surface area contributed by atoms with Crippen molar-refractivity contribution >= 4 is 5.91 Å². The molecule has 5 heteroatoms. The fourth-order valence-electron chi connectivity index (χ4n) is 1.68. The molecule has 1 heterocycles. The predicted octanol–water partition coefficient (Wildman–Crippen LogP) is 2.16. The Hall–Kier alpha value is -2.43. The minimum absolute atomic E-state index is 0.0232. The first-order valence-electron chi connectivity index (χ1n) is 5.72. The van der Waals surface area contributed by atoms with Gasteiger partial charge < -0.3 is 10.1 Å². The van der Waals surface area contributed by atoms with Crippen LogP contribution < -0.4 is 10.1 Å². The summed E-state index contributed by atoms with van der Waals surface area (Å²) in [4.78, 5) is 15.4. The summed E-state index contributed by atoms with van der Waals surface area (Å²) in [5, 5.41) is 2.64. The summed E-state index contributed by atoms with van der Waals surface area (Å²) in [5.74, 6) is -0.441. The van der Waals surface area contributed by atoms with Crippen LogP contribution in [0.5, 0.6) is 5.75 Å². The molecule has 19 heavy (non-hydrogen) atoms. The van der Waals surface area contributed by atoms with E-state index in [9.17, 15) is 9.18 Å². The predicted molar refractivity (Wildman–Crippen MR) is 68.4 cm³/mol. The third kappa shape index (κ3) is 3.07. The van der Waals surface area contributed by atoms with Crippen molar-refractivity contribution in [3.63, 3.8) is 0 Å². The van der Waals surface area contributed by atoms with Crippen molar-refractivity contribution in [2.45, 2.75) is 6.54 Å². The average molecular weight is 260 g/mol. The fraction of sp³-hybridized carbons (Fsp3) is 0.143. The van der Waals surface area contributed by atoms with Crippen molar-refractivity contribution in [1.29, 1.82) is 0 Å². The molecule has 0 saturated heterocycles. The summed E-state index contributed by atoms with van der Waals surface area (Å²) in [7, 11) is 1.56. The molecule has 1 aromatic carbocycles. The van der Waals surface area contributed by atoms with Crippen molar-refractivity contribution in [3.05, 3.63) is 59.7 Å². The number of nitrogens with zero attached hydrogens (tertiary/aromatic N) is 1. The zero-order chi connectivity index (χ0) is 13.7. The second-order valence-electron chi connectivity index (χ2n) is 3.85. The van der Waals surface area contributed by atoms with Gasteiger partial charge in [0.15, 0.2) is 5.82 Å². The number of halogens is 1. The van der Waals surface area contributed by atoms with Gasteiger partial charge in [-0.3, -0.25) is 9.78 Å². The number of nitrogens with one attached hydrogen (secondary N) is 1. The normalized spacial score (nSPS) is 10.0. The molecule has 0 aliphatic carbocycles. The summed E-state index contributed by atoms with van der Waals surface area (Å²) in [6.07, 6.45) is 2.39. The van der Waals surface area contributed by atoms with Crippen LogP contribution in [0.1, 0.15) is 15.9 Å². The Balaban J connectivity index is 2.07. The van der Waals surface area contributed by atoms with Crippen LogP contribution in [-0.4, -0.2) is 18.0 Å². The number of amides is 1. The van der Waals surface area contributed by atoms with Crippen LogP contribution in [0.25, 0.3) is 0 Å². The van der Waals surface area contributed by atoms with Gasteiger partial charge in [-0.15, -0.1) is 0 Å². The van der Waals surface area contributed by atoms with Crippen LogP contribution in [0, 0.1) is 5.82 Å². The second-order valence-corrected chi connectivity index (χ2v) is 3.85. The largest absolute Gasteiger partial charge is 0.496 e. The molecule has 1 aromatic heterocycles. The lowest BCUT2D eigenvalue weighted by Crippen LogP contribution is -2.24. The molecule has 0 atom stereocenters. The first kappa shape index (κ1) is 13.0. The van der Waals surface area contributed by atoms with Gasteiger partial charge in [-0.2, -0.15) is 0 Å². The van der Waals surface area contributed by atoms with E-state index in [2.05, 4.69) is 10.3 Å². The lowest BCUT2D eigenvalue weighted by atomic mass is 10.2. The number of hydrogen-bond donors (Lipinski definition) is 1. The molecule has 0 unspecified atom stereocenters. The van der Waals surface area contributed by atoms with Gasteiger partial charge in [0.2, 0.25) is 0 Å². The van der Waals surface area contributed by atoms with Crippen LogP contribution in [-0.2, 0) is 6.54 Å². The van der Waals surface area contributed by atoms with Gasteiger partial charge in [0.1, 0.15) is 5.75 Å². The van der Waals surface area contributed by atoms with Crippen molar-refractivity contribution in [3.8, 4) is 5.75 Å². The third-order valence-corrected chi connectivity index (χ3v) is 2.65. The number of para-hydroxylation sites is 1. The van der Waals surface area contributed by atoms with Crippen LogP contribution in [0.15, 0.2) is 42.7 Å². The third-order valence-electron chi connectivity index (χ3n) is 2.65. The summed E-state index contributed by atoms with van der Waals surface area (Å²) in [5.41, 5.74) is 0.803. The second kappa shape index (κ2) is 5.95. The van der Waals surface area contributed by atoms with Gasteiger partial charge in [0.05, 0.1) is 18.9 Å². The number of carbonyl (C=O) groups is 1. The number of pyridine rings is 1. The minimum Gasteiger partial charge on any atom is -0.496 e. The number of aromatic nitrogens is 1. The van der Waals surface area contributed by atoms with E-state index in [1.54, 1.807) is 13.2 Å². The van der Waals surface area contributed by atoms with Gasteiger partial charge >= 0.3 is 0 Å². The first-order chi connectivity index (χ1) is 9.22. The van der Waals surface area contributed by atoms with Crippen LogP contribution in [0.2, 0.25) is 0 Å². The highest BCUT2D eigenvalue weighted by atomic mass is 19.1. The number of hydrogen-bond acceptors (Lipinski definition) is 3. The Morgan fingerprint density at radius 2 is 2.16 bits per heavy atom. The Morgan fingerprint density at radius 3 is 2.89 bits per heavy atom. The first-order valence-corrected chi connectivity index (χ1v) is 5.72. The summed E-state index contributed by atoms with van der Waals surface area (Å²) in [6.45, 7) is 0.268. The number of benzene rings is 1. The van der Waals surface area contributed by atoms with Gasteiger partial charge in [0.25, 0.3) is 5.91 Å². The summed E-state index contributed by atoms with van der Waals surface area (Å²) in [6, 6.07) is 8.66. The maximum atomic E-state index is 13.4. The Kier molecular flexibility index (Phi) is 4.07. The SMILES string of the molecule is COc1ccccc1CNC(=O)c1ccncc1F. The maximum absolute atomic E-state index is 13.4. The summed E-state index contributed by atoms with van der Waals surface area (Å²) < 4.78 is 18.5. The maximum Gasteiger partial charge on any atom is 0.254 e. The molecule has 2 rings (SSSR count). The van der Waals surface area contributed by atoms with Crippen molar-refractivity contribution < 1.29 is 13.9 Å².